The summed E-state index contributed by atoms with van der Waals surface area (Å²) in [6.45, 7) is 0. The predicted octanol–water partition coefficient (Wildman–Crippen LogP) is 4.82. The minimum Gasteiger partial charge on any atom is -0.282 e. The Balaban J connectivity index is 1.79. The van der Waals surface area contributed by atoms with E-state index in [-0.39, 0.29) is 28.0 Å². The number of hydrogen-bond acceptors (Lipinski definition) is 6. The summed E-state index contributed by atoms with van der Waals surface area (Å²) in [6, 6.07) is 21.2. The van der Waals surface area contributed by atoms with Crippen molar-refractivity contribution in [2.24, 2.45) is 4.99 Å². The molecule has 0 aromatic heterocycles. The van der Waals surface area contributed by atoms with Gasteiger partial charge in [0.25, 0.3) is 26.1 Å². The highest BCUT2D eigenvalue weighted by Gasteiger charge is 2.37. The second-order valence-corrected chi connectivity index (χ2v) is 11.4. The average molecular weight is 569 g/mol. The van der Waals surface area contributed by atoms with Gasteiger partial charge in [0.15, 0.2) is 0 Å². The van der Waals surface area contributed by atoms with Gasteiger partial charge in [0.2, 0.25) is 0 Å². The van der Waals surface area contributed by atoms with Crippen LogP contribution in [0.1, 0.15) is 11.1 Å². The molecule has 0 spiro atoms. The van der Waals surface area contributed by atoms with Gasteiger partial charge in [-0.3, -0.25) is 18.8 Å². The van der Waals surface area contributed by atoms with E-state index in [9.17, 15) is 30.7 Å². The maximum absolute atomic E-state index is 13.7. The summed E-state index contributed by atoms with van der Waals surface area (Å²) < 4.78 is 69.1. The zero-order chi connectivity index (χ0) is 27.2. The number of benzene rings is 4. The van der Waals surface area contributed by atoms with Crippen LogP contribution in [-0.4, -0.2) is 37.7 Å². The molecule has 1 amide bonds. The lowest BCUT2D eigenvalue weighted by molar-refractivity contribution is -0.113. The van der Waals surface area contributed by atoms with Crippen LogP contribution in [0.25, 0.3) is 16.8 Å². The molecule has 1 aliphatic heterocycles. The third kappa shape index (κ3) is 4.73. The summed E-state index contributed by atoms with van der Waals surface area (Å²) in [4.78, 5) is 18.0. The van der Waals surface area contributed by atoms with E-state index in [1.54, 1.807) is 54.6 Å². The lowest BCUT2D eigenvalue weighted by atomic mass is 10.1. The number of hydrogen-bond donors (Lipinski definition) is 2. The number of fused-ring (bicyclic) bond motifs is 1. The number of anilines is 1. The molecule has 12 heteroatoms. The Kier molecular flexibility index (Phi) is 6.41. The summed E-state index contributed by atoms with van der Waals surface area (Å²) >= 11 is 5.95. The first kappa shape index (κ1) is 25.8. The molecule has 4 aromatic carbocycles. The Morgan fingerprint density at radius 3 is 2.08 bits per heavy atom. The molecule has 5 rings (SSSR count). The van der Waals surface area contributed by atoms with Crippen molar-refractivity contribution in [3.8, 4) is 0 Å². The van der Waals surface area contributed by atoms with Crippen molar-refractivity contribution in [2.45, 2.75) is 9.79 Å². The van der Waals surface area contributed by atoms with Crippen LogP contribution in [0.2, 0.25) is 5.02 Å². The monoisotopic (exact) mass is 568 g/mol. The van der Waals surface area contributed by atoms with Gasteiger partial charge in [-0.15, -0.1) is 0 Å². The molecule has 0 fully saturated rings. The SMILES string of the molecule is O=C1/C(=C/c2ccc(Cl)cc2)N=C(c2ccccc2)N1c1ccc2c(S(=O)(=O)O)cccc2c1S(=O)(=O)O. The fraction of sp³-hybridized carbons (Fsp3) is 0. The van der Waals surface area contributed by atoms with Crippen molar-refractivity contribution in [3.63, 3.8) is 0 Å². The van der Waals surface area contributed by atoms with Crippen LogP contribution in [0.3, 0.4) is 0 Å². The highest BCUT2D eigenvalue weighted by atomic mass is 35.5. The number of aliphatic imine (C=N–C) groups is 1. The lowest BCUT2D eigenvalue weighted by Gasteiger charge is -2.22. The number of amidine groups is 1. The summed E-state index contributed by atoms with van der Waals surface area (Å²) in [7, 11) is -9.76. The smallest absolute Gasteiger partial charge is 0.282 e. The van der Waals surface area contributed by atoms with Crippen molar-refractivity contribution in [1.82, 2.24) is 0 Å². The molecule has 1 heterocycles. The molecule has 0 saturated heterocycles. The number of nitrogens with zero attached hydrogens (tertiary/aromatic N) is 2. The van der Waals surface area contributed by atoms with Gasteiger partial charge in [-0.25, -0.2) is 4.99 Å². The molecule has 9 nitrogen and oxygen atoms in total. The summed E-state index contributed by atoms with van der Waals surface area (Å²) in [5.74, 6) is -0.597. The van der Waals surface area contributed by atoms with Crippen molar-refractivity contribution in [3.05, 3.63) is 107 Å². The number of amides is 1. The number of halogens is 1. The van der Waals surface area contributed by atoms with Crippen LogP contribution in [0.4, 0.5) is 5.69 Å². The van der Waals surface area contributed by atoms with E-state index in [1.807, 2.05) is 0 Å². The molecule has 1 aliphatic rings. The van der Waals surface area contributed by atoms with Gasteiger partial charge in [-0.1, -0.05) is 72.3 Å². The molecule has 0 unspecified atom stereocenters. The summed E-state index contributed by atoms with van der Waals surface area (Å²) in [5.41, 5.74) is 0.828. The van der Waals surface area contributed by atoms with Crippen LogP contribution >= 0.6 is 11.6 Å². The van der Waals surface area contributed by atoms with Gasteiger partial charge in [-0.2, -0.15) is 16.8 Å². The van der Waals surface area contributed by atoms with Crippen molar-refractivity contribution in [1.29, 1.82) is 0 Å². The molecular formula is C26H17ClN2O7S2. The Labute approximate surface area is 222 Å². The van der Waals surface area contributed by atoms with Gasteiger partial charge in [-0.05, 0) is 35.9 Å². The van der Waals surface area contributed by atoms with E-state index in [0.717, 1.165) is 11.0 Å². The van der Waals surface area contributed by atoms with Crippen molar-refractivity contribution >= 4 is 66.1 Å². The molecule has 4 aromatic rings. The lowest BCUT2D eigenvalue weighted by Crippen LogP contribution is -2.34. The van der Waals surface area contributed by atoms with Gasteiger partial charge in [0, 0.05) is 21.4 Å². The fourth-order valence-electron chi connectivity index (χ4n) is 4.20. The highest BCUT2D eigenvalue weighted by molar-refractivity contribution is 7.86. The zero-order valence-corrected chi connectivity index (χ0v) is 21.6. The maximum atomic E-state index is 13.7. The standard InChI is InChI=1S/C26H17ClN2O7S2/c27-18-11-9-16(10-12-18)15-21-26(30)29(25(28-21)17-5-2-1-3-6-17)22-14-13-19-20(24(22)38(34,35)36)7-4-8-23(19)37(31,32)33/h1-15H,(H,31,32,33)(H,34,35,36)/b21-15-. The number of carbonyl (C=O) groups excluding carboxylic acids is 1. The number of carbonyl (C=O) groups is 1. The van der Waals surface area contributed by atoms with Gasteiger partial charge in [0.05, 0.1) is 5.69 Å². The van der Waals surface area contributed by atoms with E-state index in [2.05, 4.69) is 4.99 Å². The van der Waals surface area contributed by atoms with E-state index >= 15 is 0 Å². The van der Waals surface area contributed by atoms with Gasteiger partial charge in [0.1, 0.15) is 21.3 Å². The largest absolute Gasteiger partial charge is 0.297 e. The van der Waals surface area contributed by atoms with E-state index in [1.165, 1.54) is 30.3 Å². The van der Waals surface area contributed by atoms with Crippen LogP contribution < -0.4 is 4.90 Å². The predicted molar refractivity (Wildman–Crippen MR) is 143 cm³/mol. The molecule has 0 bridgehead atoms. The Bertz CT molecular complexity index is 1890. The van der Waals surface area contributed by atoms with Gasteiger partial charge < -0.3 is 0 Å². The number of rotatable bonds is 5. The minimum absolute atomic E-state index is 0.0146. The molecule has 0 radical (unpaired) electrons. The molecular weight excluding hydrogens is 552 g/mol. The quantitative estimate of drug-likeness (QED) is 0.259. The molecule has 0 atom stereocenters. The first-order valence-electron chi connectivity index (χ1n) is 10.9. The van der Waals surface area contributed by atoms with Crippen molar-refractivity contribution < 1.29 is 30.7 Å². The molecule has 0 saturated carbocycles. The van der Waals surface area contributed by atoms with Crippen LogP contribution in [-0.2, 0) is 25.0 Å². The third-order valence-electron chi connectivity index (χ3n) is 5.79. The van der Waals surface area contributed by atoms with Crippen LogP contribution in [0, 0.1) is 0 Å². The zero-order valence-electron chi connectivity index (χ0n) is 19.2. The Hall–Kier alpha value is -3.87. The van der Waals surface area contributed by atoms with E-state index in [4.69, 9.17) is 11.6 Å². The Morgan fingerprint density at radius 2 is 1.45 bits per heavy atom. The van der Waals surface area contributed by atoms with Crippen LogP contribution in [0.5, 0.6) is 0 Å². The molecule has 38 heavy (non-hydrogen) atoms. The van der Waals surface area contributed by atoms with E-state index in [0.29, 0.717) is 16.1 Å². The topological polar surface area (TPSA) is 141 Å². The maximum Gasteiger partial charge on any atom is 0.297 e. The molecule has 2 N–H and O–H groups in total. The third-order valence-corrected chi connectivity index (χ3v) is 7.90. The van der Waals surface area contributed by atoms with E-state index < -0.39 is 35.9 Å². The average Bonchev–Trinajstić information content (AvgIpc) is 3.19. The highest BCUT2D eigenvalue weighted by Crippen LogP contribution is 2.38. The normalized spacial score (nSPS) is 15.3. The Morgan fingerprint density at radius 1 is 0.763 bits per heavy atom. The minimum atomic E-state index is -5.03. The summed E-state index contributed by atoms with van der Waals surface area (Å²) in [5, 5.41) is 0.127. The van der Waals surface area contributed by atoms with Gasteiger partial charge >= 0.3 is 0 Å². The second kappa shape index (κ2) is 9.46. The molecule has 192 valence electrons. The van der Waals surface area contributed by atoms with Crippen LogP contribution in [0.15, 0.2) is 105 Å². The second-order valence-electron chi connectivity index (χ2n) is 8.24. The molecule has 0 aliphatic carbocycles. The summed E-state index contributed by atoms with van der Waals surface area (Å²) in [6.07, 6.45) is 1.51. The van der Waals surface area contributed by atoms with Crippen molar-refractivity contribution in [2.75, 3.05) is 4.90 Å². The fourth-order valence-corrected chi connectivity index (χ4v) is 5.91. The first-order chi connectivity index (χ1) is 17.9. The first-order valence-corrected chi connectivity index (χ1v) is 14.2.